The molecule has 1 N–H and O–H groups in total. The summed E-state index contributed by atoms with van der Waals surface area (Å²) in [5.74, 6) is -0.521. The Morgan fingerprint density at radius 3 is 1.41 bits per heavy atom. The van der Waals surface area contributed by atoms with Crippen LogP contribution in [-0.2, 0) is 99.3 Å². The molecule has 3 aromatic rings. The minimum atomic E-state index is -1.90. The molecule has 0 unspecified atom stereocenters. The SMILES string of the molecule is CC[C@@]1(O)C(=O)OCc2c1cc1n(c2=O)Cc2cc3cc(OC(=O)OCCOCCOCCOCCOCCOCCOCCOCCOCCOCCOCCOCCOCCOCCOC)ccc3nc2-1. The number of pyridine rings is 2. The molecule has 0 saturated heterocycles. The molecule has 0 bridgehead atoms. The third kappa shape index (κ3) is 21.5. The van der Waals surface area contributed by atoms with Gasteiger partial charge in [-0.3, -0.25) is 4.79 Å². The molecule has 0 radical (unpaired) electrons. The largest absolute Gasteiger partial charge is 0.513 e. The number of ether oxygens (including phenoxy) is 17. The monoisotopic (exact) mass is 1040 g/mol. The lowest BCUT2D eigenvalue weighted by atomic mass is 9.86. The number of aromatic nitrogens is 2. The van der Waals surface area contributed by atoms with Crippen LogP contribution in [-0.4, -0.2) is 219 Å². The Balaban J connectivity index is 0.726. The maximum atomic E-state index is 13.4. The molecule has 4 heterocycles. The Hall–Kier alpha value is -4.28. The van der Waals surface area contributed by atoms with Crippen molar-refractivity contribution in [2.24, 2.45) is 0 Å². The van der Waals surface area contributed by atoms with Crippen molar-refractivity contribution in [1.82, 2.24) is 9.55 Å². The molecule has 5 rings (SSSR count). The molecular formula is C50H74N2O21. The maximum Gasteiger partial charge on any atom is 0.513 e. The molecule has 0 saturated carbocycles. The van der Waals surface area contributed by atoms with E-state index >= 15 is 0 Å². The van der Waals surface area contributed by atoms with E-state index in [0.29, 0.717) is 194 Å². The van der Waals surface area contributed by atoms with E-state index in [1.54, 1.807) is 42.9 Å². The van der Waals surface area contributed by atoms with Crippen molar-refractivity contribution in [1.29, 1.82) is 0 Å². The summed E-state index contributed by atoms with van der Waals surface area (Å²) in [7, 11) is 1.64. The van der Waals surface area contributed by atoms with Gasteiger partial charge in [-0.15, -0.1) is 0 Å². The van der Waals surface area contributed by atoms with Gasteiger partial charge in [0.25, 0.3) is 5.56 Å². The molecule has 23 heteroatoms. The molecular weight excluding hydrogens is 965 g/mol. The first kappa shape index (κ1) is 59.6. The molecule has 2 aliphatic rings. The van der Waals surface area contributed by atoms with Crippen molar-refractivity contribution in [3.8, 4) is 17.1 Å². The first-order chi connectivity index (χ1) is 35.9. The van der Waals surface area contributed by atoms with Crippen molar-refractivity contribution in [3.63, 3.8) is 0 Å². The fourth-order valence-electron chi connectivity index (χ4n) is 7.22. The minimum Gasteiger partial charge on any atom is -0.458 e. The van der Waals surface area contributed by atoms with Gasteiger partial charge in [0.05, 0.1) is 207 Å². The van der Waals surface area contributed by atoms with Gasteiger partial charge in [-0.1, -0.05) is 6.92 Å². The van der Waals surface area contributed by atoms with Gasteiger partial charge in [0, 0.05) is 23.6 Å². The molecule has 410 valence electrons. The number of carbonyl (C=O) groups excluding carboxylic acids is 2. The standard InChI is InChI=1S/C50H74N2O21/c1-3-50(56)43-36-45-46-40(37-52(45)47(53)42(43)38-72-48(50)54)34-39-35-41(4-5-44(39)51-46)73-49(55)71-33-32-70-31-30-69-29-28-68-27-26-67-25-24-66-23-22-65-21-20-64-19-18-63-17-16-62-15-14-61-13-12-60-11-10-59-9-8-58-7-6-57-2/h4-5,34-36,56H,3,6-33,37-38H2,1-2H3/t50-/m0/s1. The quantitative estimate of drug-likeness (QED) is 0.0380. The average Bonchev–Trinajstić information content (AvgIpc) is 3.75. The zero-order valence-electron chi connectivity index (χ0n) is 42.3. The summed E-state index contributed by atoms with van der Waals surface area (Å²) < 4.78 is 93.3. The molecule has 0 amide bonds. The highest BCUT2D eigenvalue weighted by molar-refractivity contribution is 5.87. The van der Waals surface area contributed by atoms with Gasteiger partial charge in [0.2, 0.25) is 0 Å². The van der Waals surface area contributed by atoms with Gasteiger partial charge >= 0.3 is 12.1 Å². The van der Waals surface area contributed by atoms with Gasteiger partial charge in [-0.25, -0.2) is 14.6 Å². The molecule has 73 heavy (non-hydrogen) atoms. The van der Waals surface area contributed by atoms with Crippen LogP contribution < -0.4 is 10.3 Å². The zero-order chi connectivity index (χ0) is 51.6. The van der Waals surface area contributed by atoms with Gasteiger partial charge in [0.15, 0.2) is 5.60 Å². The van der Waals surface area contributed by atoms with Gasteiger partial charge in [0.1, 0.15) is 19.0 Å². The second-order valence-electron chi connectivity index (χ2n) is 16.1. The smallest absolute Gasteiger partial charge is 0.458 e. The predicted octanol–water partition coefficient (Wildman–Crippen LogP) is 2.46. The third-order valence-electron chi connectivity index (χ3n) is 11.0. The lowest BCUT2D eigenvalue weighted by Gasteiger charge is -2.31. The number of nitrogens with zero attached hydrogens (tertiary/aromatic N) is 2. The van der Waals surface area contributed by atoms with Crippen molar-refractivity contribution in [2.45, 2.75) is 32.1 Å². The van der Waals surface area contributed by atoms with Crippen molar-refractivity contribution >= 4 is 23.0 Å². The number of rotatable bonds is 44. The summed E-state index contributed by atoms with van der Waals surface area (Å²) in [4.78, 5) is 43.0. The van der Waals surface area contributed by atoms with Crippen LogP contribution in [0.15, 0.2) is 35.1 Å². The van der Waals surface area contributed by atoms with Crippen LogP contribution in [0.4, 0.5) is 4.79 Å². The van der Waals surface area contributed by atoms with E-state index in [1.165, 1.54) is 0 Å². The number of methoxy groups -OCH3 is 1. The summed E-state index contributed by atoms with van der Waals surface area (Å²) in [5.41, 5.74) is 0.698. The van der Waals surface area contributed by atoms with E-state index < -0.39 is 17.7 Å². The average molecular weight is 1040 g/mol. The maximum absolute atomic E-state index is 13.4. The molecule has 1 aromatic carbocycles. The fraction of sp³-hybridized carbons (Fsp3) is 0.680. The molecule has 0 spiro atoms. The van der Waals surface area contributed by atoms with Crippen LogP contribution in [0, 0.1) is 0 Å². The number of esters is 1. The predicted molar refractivity (Wildman–Crippen MR) is 259 cm³/mol. The number of fused-ring (bicyclic) bond motifs is 5. The fourth-order valence-corrected chi connectivity index (χ4v) is 7.22. The highest BCUT2D eigenvalue weighted by atomic mass is 16.7. The number of hydrogen-bond acceptors (Lipinski definition) is 22. The summed E-state index contributed by atoms with van der Waals surface area (Å²) in [5, 5.41) is 11.8. The summed E-state index contributed by atoms with van der Waals surface area (Å²) in [6, 6.07) is 8.47. The Bertz CT molecular complexity index is 2090. The van der Waals surface area contributed by atoms with E-state index in [0.717, 1.165) is 5.56 Å². The topological polar surface area (TPSA) is 246 Å². The zero-order valence-corrected chi connectivity index (χ0v) is 42.3. The van der Waals surface area contributed by atoms with Crippen LogP contribution >= 0.6 is 0 Å². The van der Waals surface area contributed by atoms with Crippen LogP contribution in [0.2, 0.25) is 0 Å². The highest BCUT2D eigenvalue weighted by Crippen LogP contribution is 2.39. The number of benzene rings is 1. The second-order valence-corrected chi connectivity index (χ2v) is 16.1. The normalized spacial score (nSPS) is 14.9. The molecule has 2 aliphatic heterocycles. The lowest BCUT2D eigenvalue weighted by molar-refractivity contribution is -0.172. The van der Waals surface area contributed by atoms with Gasteiger partial charge < -0.3 is 90.2 Å². The Morgan fingerprint density at radius 1 is 0.589 bits per heavy atom. The first-order valence-electron chi connectivity index (χ1n) is 24.8. The molecule has 2 aromatic heterocycles. The Labute approximate surface area is 425 Å². The van der Waals surface area contributed by atoms with Crippen molar-refractivity contribution < 1.29 is 95.2 Å². The van der Waals surface area contributed by atoms with Crippen LogP contribution in [0.25, 0.3) is 22.3 Å². The third-order valence-corrected chi connectivity index (χ3v) is 11.0. The van der Waals surface area contributed by atoms with E-state index in [4.69, 9.17) is 85.5 Å². The summed E-state index contributed by atoms with van der Waals surface area (Å²) in [6.45, 7) is 14.1. The van der Waals surface area contributed by atoms with Crippen LogP contribution in [0.3, 0.4) is 0 Å². The van der Waals surface area contributed by atoms with E-state index in [-0.39, 0.29) is 55.2 Å². The van der Waals surface area contributed by atoms with Gasteiger partial charge in [-0.05, 0) is 36.8 Å². The number of cyclic esters (lactones) is 1. The molecule has 0 fully saturated rings. The number of hydrogen-bond donors (Lipinski definition) is 1. The molecule has 1 atom stereocenters. The van der Waals surface area contributed by atoms with E-state index in [1.807, 2.05) is 6.07 Å². The Kier molecular flexibility index (Phi) is 29.3. The summed E-state index contributed by atoms with van der Waals surface area (Å²) in [6.07, 6.45) is -0.832. The van der Waals surface area contributed by atoms with E-state index in [2.05, 4.69) is 0 Å². The summed E-state index contributed by atoms with van der Waals surface area (Å²) >= 11 is 0. The molecule has 0 aliphatic carbocycles. The second kappa shape index (κ2) is 35.8. The van der Waals surface area contributed by atoms with Crippen LogP contribution in [0.1, 0.15) is 30.0 Å². The van der Waals surface area contributed by atoms with E-state index in [9.17, 15) is 19.5 Å². The van der Waals surface area contributed by atoms with Gasteiger partial charge in [-0.2, -0.15) is 0 Å². The van der Waals surface area contributed by atoms with Crippen LogP contribution in [0.5, 0.6) is 5.75 Å². The highest BCUT2D eigenvalue weighted by Gasteiger charge is 2.45. The van der Waals surface area contributed by atoms with Crippen molar-refractivity contribution in [2.75, 3.05) is 192 Å². The number of carbonyl (C=O) groups is 2. The molecule has 23 nitrogen and oxygen atoms in total. The lowest BCUT2D eigenvalue weighted by Crippen LogP contribution is -2.44. The Morgan fingerprint density at radius 2 is 1.00 bits per heavy atom. The first-order valence-corrected chi connectivity index (χ1v) is 24.8. The minimum absolute atomic E-state index is 0.0149. The number of aliphatic hydroxyl groups is 1. The van der Waals surface area contributed by atoms with Crippen molar-refractivity contribution in [3.05, 3.63) is 57.4 Å².